The summed E-state index contributed by atoms with van der Waals surface area (Å²) in [5.41, 5.74) is 0.809. The molecular formula is C22H20F2N2O3S. The van der Waals surface area contributed by atoms with Crippen molar-refractivity contribution in [1.82, 2.24) is 4.90 Å². The van der Waals surface area contributed by atoms with E-state index in [0.717, 1.165) is 22.7 Å². The van der Waals surface area contributed by atoms with Gasteiger partial charge < -0.3 is 9.64 Å². The van der Waals surface area contributed by atoms with Crippen molar-refractivity contribution < 1.29 is 23.1 Å². The van der Waals surface area contributed by atoms with Crippen molar-refractivity contribution in [1.29, 1.82) is 0 Å². The van der Waals surface area contributed by atoms with Crippen molar-refractivity contribution in [2.24, 2.45) is 0 Å². The van der Waals surface area contributed by atoms with Crippen LogP contribution in [0.25, 0.3) is 0 Å². The Hall–Kier alpha value is -2.61. The molecule has 3 aliphatic heterocycles. The van der Waals surface area contributed by atoms with E-state index in [0.29, 0.717) is 38.8 Å². The molecule has 8 heteroatoms. The Kier molecular flexibility index (Phi) is 4.69. The molecule has 2 aromatic carbocycles. The minimum atomic E-state index is -0.905. The maximum atomic E-state index is 13.9. The number of piperidine rings is 1. The van der Waals surface area contributed by atoms with Gasteiger partial charge in [-0.05, 0) is 30.7 Å². The number of anilines is 1. The second-order valence-corrected chi connectivity index (χ2v) is 9.09. The Balaban J connectivity index is 1.29. The van der Waals surface area contributed by atoms with Crippen LogP contribution in [0.15, 0.2) is 47.4 Å². The molecule has 0 aliphatic carbocycles. The van der Waals surface area contributed by atoms with E-state index in [1.807, 2.05) is 24.3 Å². The van der Waals surface area contributed by atoms with Gasteiger partial charge in [0.1, 0.15) is 11.9 Å². The van der Waals surface area contributed by atoms with Gasteiger partial charge in [0.05, 0.1) is 5.69 Å². The first-order chi connectivity index (χ1) is 14.5. The largest absolute Gasteiger partial charge is 0.487 e. The molecule has 2 saturated heterocycles. The van der Waals surface area contributed by atoms with E-state index in [2.05, 4.69) is 0 Å². The fraction of sp³-hybridized carbons (Fsp3) is 0.364. The number of thioether (sulfide) groups is 1. The molecular weight excluding hydrogens is 410 g/mol. The number of ether oxygens (including phenoxy) is 1. The number of carbonyl (C=O) groups is 2. The van der Waals surface area contributed by atoms with Crippen LogP contribution in [-0.4, -0.2) is 40.8 Å². The first-order valence-electron chi connectivity index (χ1n) is 10.0. The summed E-state index contributed by atoms with van der Waals surface area (Å²) < 4.78 is 32.6. The van der Waals surface area contributed by atoms with Crippen LogP contribution in [0.1, 0.15) is 25.7 Å². The highest BCUT2D eigenvalue weighted by Crippen LogP contribution is 2.56. The number of amides is 2. The van der Waals surface area contributed by atoms with Gasteiger partial charge in [-0.2, -0.15) is 0 Å². The molecule has 0 N–H and O–H groups in total. The van der Waals surface area contributed by atoms with Crippen LogP contribution in [0.3, 0.4) is 0 Å². The third kappa shape index (κ3) is 3.05. The van der Waals surface area contributed by atoms with E-state index in [9.17, 15) is 18.4 Å². The summed E-state index contributed by atoms with van der Waals surface area (Å²) in [4.78, 5) is 29.6. The van der Waals surface area contributed by atoms with Crippen molar-refractivity contribution in [2.75, 3.05) is 18.0 Å². The number of halogens is 2. The predicted octanol–water partition coefficient (Wildman–Crippen LogP) is 3.96. The SMILES string of the molecule is O=C1CCC2(C(=O)N3CCC(Oc4ccc(F)cc4F)CC3)Sc3ccccc3N12. The highest BCUT2D eigenvalue weighted by atomic mass is 32.2. The van der Waals surface area contributed by atoms with Gasteiger partial charge in [-0.15, -0.1) is 0 Å². The van der Waals surface area contributed by atoms with Gasteiger partial charge in [0, 0.05) is 43.3 Å². The molecule has 1 unspecified atom stereocenters. The number of hydrogen-bond donors (Lipinski definition) is 0. The molecule has 0 radical (unpaired) electrons. The number of para-hydroxylation sites is 1. The molecule has 0 saturated carbocycles. The minimum absolute atomic E-state index is 0.0223. The Morgan fingerprint density at radius 2 is 1.90 bits per heavy atom. The molecule has 2 aromatic rings. The van der Waals surface area contributed by atoms with Gasteiger partial charge in [-0.25, -0.2) is 8.78 Å². The van der Waals surface area contributed by atoms with Gasteiger partial charge in [-0.3, -0.25) is 14.5 Å². The van der Waals surface area contributed by atoms with Gasteiger partial charge >= 0.3 is 0 Å². The van der Waals surface area contributed by atoms with Crippen molar-refractivity contribution in [3.8, 4) is 5.75 Å². The molecule has 0 bridgehead atoms. The maximum Gasteiger partial charge on any atom is 0.259 e. The Morgan fingerprint density at radius 1 is 1.13 bits per heavy atom. The molecule has 1 atom stereocenters. The molecule has 3 heterocycles. The fourth-order valence-electron chi connectivity index (χ4n) is 4.46. The zero-order chi connectivity index (χ0) is 20.9. The second kappa shape index (κ2) is 7.27. The van der Waals surface area contributed by atoms with Gasteiger partial charge in [0.25, 0.3) is 5.91 Å². The average molecular weight is 430 g/mol. The minimum Gasteiger partial charge on any atom is -0.487 e. The summed E-state index contributed by atoms with van der Waals surface area (Å²) in [7, 11) is 0. The van der Waals surface area contributed by atoms with Crippen molar-refractivity contribution in [2.45, 2.75) is 41.6 Å². The van der Waals surface area contributed by atoms with Crippen LogP contribution in [0, 0.1) is 11.6 Å². The monoisotopic (exact) mass is 430 g/mol. The topological polar surface area (TPSA) is 49.9 Å². The van der Waals surface area contributed by atoms with Gasteiger partial charge in [0.2, 0.25) is 5.91 Å². The summed E-state index contributed by atoms with van der Waals surface area (Å²) in [6, 6.07) is 10.9. The predicted molar refractivity (Wildman–Crippen MR) is 108 cm³/mol. The third-order valence-corrected chi connectivity index (χ3v) is 7.39. The molecule has 3 aliphatic rings. The van der Waals surface area contributed by atoms with E-state index in [-0.39, 0.29) is 23.7 Å². The lowest BCUT2D eigenvalue weighted by molar-refractivity contribution is -0.136. The highest BCUT2D eigenvalue weighted by Gasteiger charge is 2.58. The summed E-state index contributed by atoms with van der Waals surface area (Å²) in [5.74, 6) is -1.43. The normalized spacial score (nSPS) is 23.5. The Labute approximate surface area is 177 Å². The first-order valence-corrected chi connectivity index (χ1v) is 10.8. The molecule has 0 spiro atoms. The van der Waals surface area contributed by atoms with Crippen LogP contribution < -0.4 is 9.64 Å². The maximum absolute atomic E-state index is 13.9. The van der Waals surface area contributed by atoms with Crippen LogP contribution in [0.2, 0.25) is 0 Å². The number of hydrogen-bond acceptors (Lipinski definition) is 4. The van der Waals surface area contributed by atoms with Crippen LogP contribution in [0.4, 0.5) is 14.5 Å². The highest BCUT2D eigenvalue weighted by molar-refractivity contribution is 8.02. The molecule has 30 heavy (non-hydrogen) atoms. The van der Waals surface area contributed by atoms with E-state index >= 15 is 0 Å². The summed E-state index contributed by atoms with van der Waals surface area (Å²) in [6.45, 7) is 0.931. The smallest absolute Gasteiger partial charge is 0.259 e. The van der Waals surface area contributed by atoms with E-state index < -0.39 is 16.5 Å². The zero-order valence-electron chi connectivity index (χ0n) is 16.1. The Morgan fingerprint density at radius 3 is 2.67 bits per heavy atom. The lowest BCUT2D eigenvalue weighted by atomic mass is 10.1. The van der Waals surface area contributed by atoms with Gasteiger partial charge in [0.15, 0.2) is 16.4 Å². The van der Waals surface area contributed by atoms with Crippen molar-refractivity contribution in [3.63, 3.8) is 0 Å². The van der Waals surface area contributed by atoms with E-state index in [4.69, 9.17) is 4.74 Å². The number of carbonyl (C=O) groups excluding carboxylic acids is 2. The molecule has 2 fully saturated rings. The first kappa shape index (κ1) is 19.4. The Bertz CT molecular complexity index is 1030. The van der Waals surface area contributed by atoms with Crippen LogP contribution in [0.5, 0.6) is 5.75 Å². The number of benzene rings is 2. The lowest BCUT2D eigenvalue weighted by Gasteiger charge is -2.38. The quantitative estimate of drug-likeness (QED) is 0.740. The van der Waals surface area contributed by atoms with E-state index in [1.54, 1.807) is 9.80 Å². The number of rotatable bonds is 3. The lowest BCUT2D eigenvalue weighted by Crippen LogP contribution is -2.56. The van der Waals surface area contributed by atoms with Gasteiger partial charge in [-0.1, -0.05) is 23.9 Å². The summed E-state index contributed by atoms with van der Waals surface area (Å²) >= 11 is 1.46. The fourth-order valence-corrected chi connectivity index (χ4v) is 5.94. The second-order valence-electron chi connectivity index (χ2n) is 7.77. The number of nitrogens with zero attached hydrogens (tertiary/aromatic N) is 2. The van der Waals surface area contributed by atoms with Crippen LogP contribution >= 0.6 is 11.8 Å². The summed E-state index contributed by atoms with van der Waals surface area (Å²) in [5, 5.41) is 0. The standard InChI is InChI=1S/C22H20F2N2O3S/c23-14-5-6-18(16(24)13-14)29-15-8-11-25(12-9-15)21(28)22-10-7-20(27)26(22)17-3-1-2-4-19(17)30-22/h1-6,13,15H,7-12H2. The third-order valence-electron chi connectivity index (χ3n) is 5.92. The average Bonchev–Trinajstić information content (AvgIpc) is 3.26. The molecule has 5 nitrogen and oxygen atoms in total. The number of fused-ring (bicyclic) bond motifs is 3. The molecule has 156 valence electrons. The van der Waals surface area contributed by atoms with Crippen LogP contribution in [-0.2, 0) is 9.59 Å². The van der Waals surface area contributed by atoms with Crippen molar-refractivity contribution in [3.05, 3.63) is 54.1 Å². The molecule has 2 amide bonds. The summed E-state index contributed by atoms with van der Waals surface area (Å²) in [6.07, 6.45) is 1.69. The molecule has 0 aromatic heterocycles. The van der Waals surface area contributed by atoms with Crippen molar-refractivity contribution >= 4 is 29.3 Å². The molecule has 5 rings (SSSR count). The zero-order valence-corrected chi connectivity index (χ0v) is 17.0. The number of likely N-dealkylation sites (tertiary alicyclic amines) is 1. The van der Waals surface area contributed by atoms with E-state index in [1.165, 1.54) is 17.8 Å².